The molecule has 2 N–H and O–H groups in total. The van der Waals surface area contributed by atoms with Crippen LogP contribution in [-0.4, -0.2) is 80.8 Å². The molecule has 3 aliphatic heterocycles. The highest BCUT2D eigenvalue weighted by atomic mass is 16.5. The first kappa shape index (κ1) is 31.6. The second-order valence-corrected chi connectivity index (χ2v) is 10.9. The van der Waals surface area contributed by atoms with E-state index in [9.17, 15) is 14.4 Å². The molecule has 3 aromatic rings. The van der Waals surface area contributed by atoms with Gasteiger partial charge >= 0.3 is 5.97 Å². The highest BCUT2D eigenvalue weighted by Crippen LogP contribution is 2.30. The van der Waals surface area contributed by atoms with Crippen molar-refractivity contribution in [3.8, 4) is 23.0 Å². The van der Waals surface area contributed by atoms with Crippen LogP contribution in [0.2, 0.25) is 0 Å². The molecule has 238 valence electrons. The smallest absolute Gasteiger partial charge is 0.356 e. The summed E-state index contributed by atoms with van der Waals surface area (Å²) in [6, 6.07) is 15.8. The lowest BCUT2D eigenvalue weighted by Gasteiger charge is -2.38. The van der Waals surface area contributed by atoms with Crippen LogP contribution >= 0.6 is 0 Å². The Morgan fingerprint density at radius 2 is 1.84 bits per heavy atom. The van der Waals surface area contributed by atoms with Crippen LogP contribution in [-0.2, 0) is 33.8 Å². The van der Waals surface area contributed by atoms with Crippen molar-refractivity contribution in [3.63, 3.8) is 0 Å². The normalized spacial score (nSPS) is 19.3. The number of carbonyl (C=O) groups excluding carboxylic acids is 3. The molecule has 2 aromatic carbocycles. The summed E-state index contributed by atoms with van der Waals surface area (Å²) in [7, 11) is 4.43. The van der Waals surface area contributed by atoms with Crippen LogP contribution in [0.5, 0.6) is 23.0 Å². The van der Waals surface area contributed by atoms with Crippen molar-refractivity contribution >= 4 is 17.8 Å². The van der Waals surface area contributed by atoms with Crippen molar-refractivity contribution in [1.82, 2.24) is 20.5 Å². The van der Waals surface area contributed by atoms with Gasteiger partial charge in [-0.25, -0.2) is 9.78 Å². The molecule has 2 atom stereocenters. The molecule has 0 radical (unpaired) electrons. The molecule has 3 aliphatic rings. The van der Waals surface area contributed by atoms with Gasteiger partial charge in [0, 0.05) is 44.2 Å². The highest BCUT2D eigenvalue weighted by Gasteiger charge is 2.33. The van der Waals surface area contributed by atoms with Gasteiger partial charge in [-0.05, 0) is 54.8 Å². The van der Waals surface area contributed by atoms with Crippen molar-refractivity contribution in [1.29, 1.82) is 0 Å². The average Bonchev–Trinajstić information content (AvgIpc) is 3.06. The van der Waals surface area contributed by atoms with Crippen LogP contribution in [0.25, 0.3) is 0 Å². The molecule has 0 spiro atoms. The number of amides is 2. The second-order valence-electron chi connectivity index (χ2n) is 10.9. The number of nitrogens with one attached hydrogen (secondary N) is 2. The van der Waals surface area contributed by atoms with Crippen LogP contribution in [0.4, 0.5) is 0 Å². The lowest BCUT2D eigenvalue weighted by molar-refractivity contribution is -0.125. The Labute approximate surface area is 262 Å². The number of fused-ring (bicyclic) bond motifs is 9. The Hall–Kier alpha value is -4.84. The highest BCUT2D eigenvalue weighted by molar-refractivity contribution is 5.87. The maximum Gasteiger partial charge on any atom is 0.356 e. The summed E-state index contributed by atoms with van der Waals surface area (Å²) in [6.07, 6.45) is 1.02. The number of likely N-dealkylation sites (tertiary alicyclic amines) is 1. The van der Waals surface area contributed by atoms with E-state index in [4.69, 9.17) is 23.7 Å². The third-order valence-electron chi connectivity index (χ3n) is 7.82. The first-order chi connectivity index (χ1) is 21.8. The minimum absolute atomic E-state index is 0.102. The Kier molecular flexibility index (Phi) is 10.4. The number of hydrogen-bond acceptors (Lipinski definition) is 10. The number of piperidine rings is 1. The van der Waals surface area contributed by atoms with Gasteiger partial charge in [0.15, 0.2) is 18.1 Å². The standard InChI is InChI=1S/C33H38N4O8/c1-41-28-11-7-21-8-12-31(38)34-17-22-9-10-24(16-29(22)42-2)45-27-13-14-37(18-23-5-4-6-25(35-23)33(40)43-3)19-26(27)36-32(39)20-44-30(28)15-21/h4-7,9-11,15-16,26-27H,8,12-14,17-20H2,1-3H3,(H,34,38)(H,36,39)/t26-,27+/m1/s1. The molecule has 45 heavy (non-hydrogen) atoms. The fourth-order valence-corrected chi connectivity index (χ4v) is 5.48. The summed E-state index contributed by atoms with van der Waals surface area (Å²) < 4.78 is 28.2. The number of rotatable bonds is 5. The molecule has 12 nitrogen and oxygen atoms in total. The van der Waals surface area contributed by atoms with E-state index in [1.165, 1.54) is 14.2 Å². The van der Waals surface area contributed by atoms with Crippen LogP contribution < -0.4 is 29.6 Å². The number of benzene rings is 2. The third kappa shape index (κ3) is 8.21. The fraction of sp³-hybridized carbons (Fsp3) is 0.394. The van der Waals surface area contributed by atoms with Crippen LogP contribution in [0.15, 0.2) is 54.6 Å². The average molecular weight is 619 g/mol. The monoisotopic (exact) mass is 618 g/mol. The molecule has 6 rings (SSSR count). The molecule has 1 aromatic heterocycles. The topological polar surface area (TPSA) is 138 Å². The molecule has 1 fully saturated rings. The van der Waals surface area contributed by atoms with Crippen LogP contribution in [0.1, 0.15) is 40.2 Å². The van der Waals surface area contributed by atoms with E-state index in [-0.39, 0.29) is 42.7 Å². The minimum atomic E-state index is -0.498. The first-order valence-electron chi connectivity index (χ1n) is 14.8. The van der Waals surface area contributed by atoms with Crippen LogP contribution in [0.3, 0.4) is 0 Å². The number of methoxy groups -OCH3 is 3. The Balaban J connectivity index is 1.39. The summed E-state index contributed by atoms with van der Waals surface area (Å²) in [5.41, 5.74) is 2.64. The lowest BCUT2D eigenvalue weighted by Crippen LogP contribution is -2.57. The number of aryl methyl sites for hydroxylation is 1. The van der Waals surface area contributed by atoms with Gasteiger partial charge in [-0.1, -0.05) is 12.1 Å². The van der Waals surface area contributed by atoms with Gasteiger partial charge in [-0.2, -0.15) is 0 Å². The number of nitrogens with zero attached hydrogens (tertiary/aromatic N) is 2. The van der Waals surface area contributed by atoms with Crippen LogP contribution in [0, 0.1) is 0 Å². The Morgan fingerprint density at radius 1 is 1.00 bits per heavy atom. The van der Waals surface area contributed by atoms with Gasteiger partial charge in [0.25, 0.3) is 5.91 Å². The predicted octanol–water partition coefficient (Wildman–Crippen LogP) is 2.66. The van der Waals surface area contributed by atoms with E-state index in [0.717, 1.165) is 11.1 Å². The zero-order valence-electron chi connectivity index (χ0n) is 25.7. The second kappa shape index (κ2) is 14.8. The lowest BCUT2D eigenvalue weighted by atomic mass is 10.0. The summed E-state index contributed by atoms with van der Waals surface area (Å²) >= 11 is 0. The molecule has 12 heteroatoms. The molecule has 4 heterocycles. The van der Waals surface area contributed by atoms with Gasteiger partial charge < -0.3 is 34.3 Å². The number of ether oxygens (including phenoxy) is 5. The Bertz CT molecular complexity index is 1530. The van der Waals surface area contributed by atoms with E-state index in [1.807, 2.05) is 24.3 Å². The summed E-state index contributed by atoms with van der Waals surface area (Å²) in [6.45, 7) is 1.68. The van der Waals surface area contributed by atoms with Gasteiger partial charge in [-0.15, -0.1) is 0 Å². The molecular formula is C33H38N4O8. The predicted molar refractivity (Wildman–Crippen MR) is 163 cm³/mol. The number of esters is 1. The SMILES string of the molecule is COC(=O)c1cccc(CN2CC[C@@H]3Oc4ccc(c(OC)c4)CNC(=O)CCc4ccc(OC)c(c4)OCC(=O)N[C@@H]3C2)n1. The summed E-state index contributed by atoms with van der Waals surface area (Å²) in [4.78, 5) is 44.5. The molecule has 0 unspecified atom stereocenters. The van der Waals surface area contributed by atoms with E-state index in [2.05, 4.69) is 20.5 Å². The minimum Gasteiger partial charge on any atom is -0.496 e. The first-order valence-corrected chi connectivity index (χ1v) is 14.8. The molecule has 0 aliphatic carbocycles. The van der Waals surface area contributed by atoms with E-state index in [1.54, 1.807) is 37.4 Å². The van der Waals surface area contributed by atoms with Gasteiger partial charge in [-0.3, -0.25) is 14.5 Å². The number of carbonyl (C=O) groups is 3. The van der Waals surface area contributed by atoms with Gasteiger partial charge in [0.05, 0.1) is 33.1 Å². The van der Waals surface area contributed by atoms with E-state index < -0.39 is 5.97 Å². The molecular weight excluding hydrogens is 580 g/mol. The zero-order chi connectivity index (χ0) is 31.8. The van der Waals surface area contributed by atoms with Crippen molar-refractivity contribution < 1.29 is 38.1 Å². The largest absolute Gasteiger partial charge is 0.496 e. The number of hydrogen-bond donors (Lipinski definition) is 2. The molecule has 1 saturated heterocycles. The number of pyridine rings is 1. The molecule has 0 saturated carbocycles. The third-order valence-corrected chi connectivity index (χ3v) is 7.82. The fourth-order valence-electron chi connectivity index (χ4n) is 5.48. The van der Waals surface area contributed by atoms with Crippen molar-refractivity contribution in [2.24, 2.45) is 0 Å². The van der Waals surface area contributed by atoms with Gasteiger partial charge in [0.2, 0.25) is 5.91 Å². The molecule has 2 amide bonds. The van der Waals surface area contributed by atoms with E-state index >= 15 is 0 Å². The van der Waals surface area contributed by atoms with Gasteiger partial charge in [0.1, 0.15) is 23.3 Å². The molecule has 4 bridgehead atoms. The maximum absolute atomic E-state index is 13.3. The summed E-state index contributed by atoms with van der Waals surface area (Å²) in [5, 5.41) is 6.07. The van der Waals surface area contributed by atoms with Crippen molar-refractivity contribution in [2.75, 3.05) is 41.0 Å². The van der Waals surface area contributed by atoms with E-state index in [0.29, 0.717) is 67.7 Å². The zero-order valence-corrected chi connectivity index (χ0v) is 25.7. The van der Waals surface area contributed by atoms with Crippen molar-refractivity contribution in [2.45, 2.75) is 44.5 Å². The maximum atomic E-state index is 13.3. The van der Waals surface area contributed by atoms with Crippen molar-refractivity contribution in [3.05, 3.63) is 77.1 Å². The quantitative estimate of drug-likeness (QED) is 0.411. The number of aromatic nitrogens is 1. The Morgan fingerprint density at radius 3 is 2.64 bits per heavy atom. The summed E-state index contributed by atoms with van der Waals surface area (Å²) in [5.74, 6) is 1.16.